The highest BCUT2D eigenvalue weighted by molar-refractivity contribution is 9.10. The Hall–Kier alpha value is -2.02. The summed E-state index contributed by atoms with van der Waals surface area (Å²) in [5.41, 5.74) is 1.60. The number of aromatic nitrogens is 1. The molecule has 2 aromatic rings. The van der Waals surface area contributed by atoms with Crippen molar-refractivity contribution < 1.29 is 18.8 Å². The third-order valence-corrected chi connectivity index (χ3v) is 3.76. The summed E-state index contributed by atoms with van der Waals surface area (Å²) in [5, 5.41) is 6.57. The highest BCUT2D eigenvalue weighted by atomic mass is 79.9. The minimum atomic E-state index is -0.298. The average molecular weight is 355 g/mol. The second-order valence-electron chi connectivity index (χ2n) is 4.35. The first kappa shape index (κ1) is 15.4. The molecule has 0 fully saturated rings. The van der Waals surface area contributed by atoms with Crippen LogP contribution in [0.2, 0.25) is 0 Å². The number of carbonyl (C=O) groups excluding carboxylic acids is 1. The average Bonchev–Trinajstić information content (AvgIpc) is 2.79. The Kier molecular flexibility index (Phi) is 4.52. The Labute approximate surface area is 130 Å². The number of hydrogen-bond donors (Lipinski definition) is 1. The lowest BCUT2D eigenvalue weighted by Gasteiger charge is -2.11. The number of rotatable bonds is 4. The molecule has 0 spiro atoms. The number of ether oxygens (including phenoxy) is 2. The first-order chi connectivity index (χ1) is 9.97. The van der Waals surface area contributed by atoms with Crippen molar-refractivity contribution in [2.75, 3.05) is 19.5 Å². The predicted molar refractivity (Wildman–Crippen MR) is 81.2 cm³/mol. The van der Waals surface area contributed by atoms with Gasteiger partial charge in [0.25, 0.3) is 5.91 Å². The van der Waals surface area contributed by atoms with Crippen molar-refractivity contribution in [3.8, 4) is 11.5 Å². The number of hydrogen-bond acceptors (Lipinski definition) is 5. The fourth-order valence-corrected chi connectivity index (χ4v) is 2.40. The first-order valence-electron chi connectivity index (χ1n) is 6.13. The van der Waals surface area contributed by atoms with Gasteiger partial charge in [0.15, 0.2) is 5.76 Å². The highest BCUT2D eigenvalue weighted by Crippen LogP contribution is 2.35. The molecule has 2 rings (SSSR count). The molecule has 0 atom stereocenters. The Morgan fingerprint density at radius 2 is 1.81 bits per heavy atom. The maximum absolute atomic E-state index is 12.4. The Morgan fingerprint density at radius 3 is 2.24 bits per heavy atom. The predicted octanol–water partition coefficient (Wildman–Crippen LogP) is 3.32. The van der Waals surface area contributed by atoms with E-state index in [1.165, 1.54) is 14.2 Å². The Balaban J connectivity index is 2.35. The monoisotopic (exact) mass is 354 g/mol. The van der Waals surface area contributed by atoms with Gasteiger partial charge in [0.2, 0.25) is 0 Å². The van der Waals surface area contributed by atoms with Crippen LogP contribution < -0.4 is 14.8 Å². The molecule has 0 saturated carbocycles. The molecule has 0 saturated heterocycles. The molecule has 0 unspecified atom stereocenters. The van der Waals surface area contributed by atoms with Gasteiger partial charge in [-0.3, -0.25) is 4.79 Å². The SMILES string of the molecule is COc1cc(C(=O)Nc2c(C)noc2C)cc(OC)c1Br. The van der Waals surface area contributed by atoms with Gasteiger partial charge in [-0.1, -0.05) is 5.16 Å². The van der Waals surface area contributed by atoms with Crippen molar-refractivity contribution in [1.29, 1.82) is 0 Å². The summed E-state index contributed by atoms with van der Waals surface area (Å²) < 4.78 is 16.1. The fourth-order valence-electron chi connectivity index (χ4n) is 1.85. The van der Waals surface area contributed by atoms with Crippen LogP contribution >= 0.6 is 15.9 Å². The molecule has 1 aromatic carbocycles. The number of methoxy groups -OCH3 is 2. The number of nitrogens with zero attached hydrogens (tertiary/aromatic N) is 1. The van der Waals surface area contributed by atoms with Crippen LogP contribution in [0.15, 0.2) is 21.1 Å². The van der Waals surface area contributed by atoms with Crippen LogP contribution in [0.4, 0.5) is 5.69 Å². The molecule has 1 aromatic heterocycles. The van der Waals surface area contributed by atoms with Crippen molar-refractivity contribution in [3.05, 3.63) is 33.6 Å². The lowest BCUT2D eigenvalue weighted by atomic mass is 10.1. The summed E-state index contributed by atoms with van der Waals surface area (Å²) in [6, 6.07) is 3.25. The van der Waals surface area contributed by atoms with E-state index < -0.39 is 0 Å². The van der Waals surface area contributed by atoms with Crippen molar-refractivity contribution in [2.24, 2.45) is 0 Å². The normalized spacial score (nSPS) is 10.3. The lowest BCUT2D eigenvalue weighted by molar-refractivity contribution is 0.102. The van der Waals surface area contributed by atoms with Gasteiger partial charge >= 0.3 is 0 Å². The van der Waals surface area contributed by atoms with E-state index in [2.05, 4.69) is 26.4 Å². The second-order valence-corrected chi connectivity index (χ2v) is 5.14. The van der Waals surface area contributed by atoms with Gasteiger partial charge in [-0.15, -0.1) is 0 Å². The van der Waals surface area contributed by atoms with Crippen molar-refractivity contribution >= 4 is 27.5 Å². The molecular formula is C14H15BrN2O4. The number of amides is 1. The van der Waals surface area contributed by atoms with Crippen LogP contribution in [0.5, 0.6) is 11.5 Å². The molecule has 0 aliphatic rings. The summed E-state index contributed by atoms with van der Waals surface area (Å²) in [4.78, 5) is 12.4. The van der Waals surface area contributed by atoms with E-state index in [4.69, 9.17) is 14.0 Å². The van der Waals surface area contributed by atoms with Crippen molar-refractivity contribution in [2.45, 2.75) is 13.8 Å². The molecule has 1 amide bonds. The zero-order chi connectivity index (χ0) is 15.6. The van der Waals surface area contributed by atoms with Gasteiger partial charge in [0.05, 0.1) is 14.2 Å². The van der Waals surface area contributed by atoms with Gasteiger partial charge in [-0.2, -0.15) is 0 Å². The van der Waals surface area contributed by atoms with E-state index in [0.29, 0.717) is 38.7 Å². The first-order valence-corrected chi connectivity index (χ1v) is 6.93. The van der Waals surface area contributed by atoms with Crippen LogP contribution in [0.1, 0.15) is 21.8 Å². The number of benzene rings is 1. The van der Waals surface area contributed by atoms with Crippen LogP contribution in [-0.4, -0.2) is 25.3 Å². The molecule has 6 nitrogen and oxygen atoms in total. The summed E-state index contributed by atoms with van der Waals surface area (Å²) in [7, 11) is 3.05. The lowest BCUT2D eigenvalue weighted by Crippen LogP contribution is -2.13. The molecule has 1 N–H and O–H groups in total. The third kappa shape index (κ3) is 3.02. The van der Waals surface area contributed by atoms with Gasteiger partial charge in [0, 0.05) is 5.56 Å². The van der Waals surface area contributed by atoms with Crippen LogP contribution in [0, 0.1) is 13.8 Å². The number of carbonyl (C=O) groups is 1. The van der Waals surface area contributed by atoms with Crippen molar-refractivity contribution in [1.82, 2.24) is 5.16 Å². The van der Waals surface area contributed by atoms with Crippen molar-refractivity contribution in [3.63, 3.8) is 0 Å². The summed E-state index contributed by atoms with van der Waals surface area (Å²) >= 11 is 3.36. The summed E-state index contributed by atoms with van der Waals surface area (Å²) in [6.45, 7) is 3.49. The molecule has 7 heteroatoms. The molecule has 112 valence electrons. The number of aryl methyl sites for hydroxylation is 2. The third-order valence-electron chi connectivity index (χ3n) is 2.98. The molecule has 0 aliphatic heterocycles. The minimum Gasteiger partial charge on any atom is -0.495 e. The Morgan fingerprint density at radius 1 is 1.24 bits per heavy atom. The van der Waals surface area contributed by atoms with E-state index in [1.54, 1.807) is 26.0 Å². The second kappa shape index (κ2) is 6.17. The maximum atomic E-state index is 12.4. The van der Waals surface area contributed by atoms with Gasteiger partial charge < -0.3 is 19.3 Å². The standard InChI is InChI=1S/C14H15BrN2O4/c1-7-13(8(2)21-17-7)16-14(18)9-5-10(19-3)12(15)11(6-9)20-4/h5-6H,1-4H3,(H,16,18). The highest BCUT2D eigenvalue weighted by Gasteiger charge is 2.17. The smallest absolute Gasteiger partial charge is 0.256 e. The van der Waals surface area contributed by atoms with E-state index in [1.807, 2.05) is 0 Å². The zero-order valence-electron chi connectivity index (χ0n) is 12.1. The van der Waals surface area contributed by atoms with E-state index in [-0.39, 0.29) is 5.91 Å². The van der Waals surface area contributed by atoms with Crippen LogP contribution in [0.3, 0.4) is 0 Å². The fraction of sp³-hybridized carbons (Fsp3) is 0.286. The van der Waals surface area contributed by atoms with Gasteiger partial charge in [-0.05, 0) is 41.9 Å². The molecular weight excluding hydrogens is 340 g/mol. The molecule has 21 heavy (non-hydrogen) atoms. The van der Waals surface area contributed by atoms with Gasteiger partial charge in [0.1, 0.15) is 27.4 Å². The van der Waals surface area contributed by atoms with E-state index in [0.717, 1.165) is 0 Å². The largest absolute Gasteiger partial charge is 0.495 e. The minimum absolute atomic E-state index is 0.298. The summed E-state index contributed by atoms with van der Waals surface area (Å²) in [5.74, 6) is 1.28. The summed E-state index contributed by atoms with van der Waals surface area (Å²) in [6.07, 6.45) is 0. The van der Waals surface area contributed by atoms with Gasteiger partial charge in [-0.25, -0.2) is 0 Å². The molecule has 0 aliphatic carbocycles. The topological polar surface area (TPSA) is 73.6 Å². The van der Waals surface area contributed by atoms with E-state index in [9.17, 15) is 4.79 Å². The number of halogens is 1. The number of anilines is 1. The zero-order valence-corrected chi connectivity index (χ0v) is 13.7. The van der Waals surface area contributed by atoms with Crippen LogP contribution in [0.25, 0.3) is 0 Å². The Bertz CT molecular complexity index is 637. The quantitative estimate of drug-likeness (QED) is 0.911. The molecule has 1 heterocycles. The van der Waals surface area contributed by atoms with E-state index >= 15 is 0 Å². The number of nitrogens with one attached hydrogen (secondary N) is 1. The molecule has 0 bridgehead atoms. The molecule has 0 radical (unpaired) electrons. The van der Waals surface area contributed by atoms with Crippen LogP contribution in [-0.2, 0) is 0 Å². The maximum Gasteiger partial charge on any atom is 0.256 e.